The quantitative estimate of drug-likeness (QED) is 0.259. The highest BCUT2D eigenvalue weighted by atomic mass is 16.5. The van der Waals surface area contributed by atoms with Crippen LogP contribution in [-0.2, 0) is 0 Å². The Bertz CT molecular complexity index is 1080. The summed E-state index contributed by atoms with van der Waals surface area (Å²) in [5.41, 5.74) is 15.0. The molecule has 0 aliphatic rings. The Hall–Kier alpha value is -3.50. The maximum absolute atomic E-state index is 13.1. The molecule has 10 nitrogen and oxygen atoms in total. The molecule has 0 radical (unpaired) electrons. The fourth-order valence-electron chi connectivity index (χ4n) is 4.35. The van der Waals surface area contributed by atoms with Crippen LogP contribution in [0.2, 0.25) is 0 Å². The van der Waals surface area contributed by atoms with Crippen LogP contribution in [0.25, 0.3) is 11.1 Å². The summed E-state index contributed by atoms with van der Waals surface area (Å²) in [5.74, 6) is 0.0549. The lowest BCUT2D eigenvalue weighted by molar-refractivity contribution is 0.0937. The molecular weight excluding hydrogens is 484 g/mol. The number of nitrogens with one attached hydrogen (secondary N) is 2. The molecule has 0 aromatic heterocycles. The van der Waals surface area contributed by atoms with Gasteiger partial charge in [-0.25, -0.2) is 0 Å². The third-order valence-corrected chi connectivity index (χ3v) is 6.74. The molecule has 2 aromatic carbocycles. The molecule has 0 fully saturated rings. The minimum Gasteiger partial charge on any atom is -0.496 e. The van der Waals surface area contributed by atoms with Crippen LogP contribution in [0.3, 0.4) is 0 Å². The second-order valence-corrected chi connectivity index (χ2v) is 8.82. The number of benzene rings is 2. The third-order valence-electron chi connectivity index (χ3n) is 6.74. The Kier molecular flexibility index (Phi) is 12.2. The summed E-state index contributed by atoms with van der Waals surface area (Å²) in [7, 11) is 2.96. The number of rotatable bonds is 15. The van der Waals surface area contributed by atoms with Gasteiger partial charge in [0, 0.05) is 54.7 Å². The molecular formula is C28H44N6O4. The second kappa shape index (κ2) is 15.0. The number of amides is 2. The van der Waals surface area contributed by atoms with E-state index in [0.29, 0.717) is 52.5 Å². The summed E-state index contributed by atoms with van der Waals surface area (Å²) in [6, 6.07) is 6.50. The van der Waals surface area contributed by atoms with Crippen molar-refractivity contribution in [1.29, 1.82) is 0 Å². The van der Waals surface area contributed by atoms with Gasteiger partial charge in [0.2, 0.25) is 0 Å². The number of carbonyl (C=O) groups excluding carboxylic acids is 2. The van der Waals surface area contributed by atoms with Gasteiger partial charge in [-0.15, -0.1) is 0 Å². The molecule has 0 spiro atoms. The number of nitrogen functional groups attached to an aromatic ring is 2. The Labute approximate surface area is 226 Å². The van der Waals surface area contributed by atoms with Crippen LogP contribution < -0.4 is 31.6 Å². The van der Waals surface area contributed by atoms with Crippen molar-refractivity contribution in [3.05, 3.63) is 35.4 Å². The molecule has 0 saturated heterocycles. The lowest BCUT2D eigenvalue weighted by Gasteiger charge is -2.21. The van der Waals surface area contributed by atoms with Gasteiger partial charge in [0.15, 0.2) is 0 Å². The van der Waals surface area contributed by atoms with Crippen LogP contribution in [-0.4, -0.2) is 88.2 Å². The first kappa shape index (κ1) is 30.7. The van der Waals surface area contributed by atoms with E-state index in [1.807, 2.05) is 0 Å². The first-order chi connectivity index (χ1) is 18.3. The van der Waals surface area contributed by atoms with Gasteiger partial charge in [-0.05, 0) is 44.4 Å². The van der Waals surface area contributed by atoms with Gasteiger partial charge < -0.3 is 41.4 Å². The van der Waals surface area contributed by atoms with E-state index in [4.69, 9.17) is 20.9 Å². The highest BCUT2D eigenvalue weighted by Gasteiger charge is 2.24. The van der Waals surface area contributed by atoms with E-state index in [0.717, 1.165) is 39.3 Å². The average Bonchev–Trinajstić information content (AvgIpc) is 2.92. The number of methoxy groups -OCH3 is 2. The summed E-state index contributed by atoms with van der Waals surface area (Å²) in [6.07, 6.45) is 0. The highest BCUT2D eigenvalue weighted by Crippen LogP contribution is 2.42. The molecule has 0 aliphatic heterocycles. The SMILES string of the molecule is CCN(CC)CCNC(=O)c1cc(-c2c(N)ccc(C(=O)NCCN(CC)CC)c2OC)c(N)cc1OC. The largest absolute Gasteiger partial charge is 0.496 e. The number of hydrogen-bond acceptors (Lipinski definition) is 8. The van der Waals surface area contributed by atoms with Crippen molar-refractivity contribution >= 4 is 23.2 Å². The van der Waals surface area contributed by atoms with Crippen molar-refractivity contribution in [2.24, 2.45) is 0 Å². The highest BCUT2D eigenvalue weighted by molar-refractivity contribution is 6.05. The molecule has 0 atom stereocenters. The number of carbonyl (C=O) groups is 2. The summed E-state index contributed by atoms with van der Waals surface area (Å²) < 4.78 is 11.1. The van der Waals surface area contributed by atoms with Crippen molar-refractivity contribution in [3.8, 4) is 22.6 Å². The fraction of sp³-hybridized carbons (Fsp3) is 0.500. The van der Waals surface area contributed by atoms with Crippen molar-refractivity contribution < 1.29 is 19.1 Å². The summed E-state index contributed by atoms with van der Waals surface area (Å²) in [6.45, 7) is 14.4. The zero-order chi connectivity index (χ0) is 28.2. The Morgan fingerprint density at radius 1 is 0.763 bits per heavy atom. The molecule has 0 unspecified atom stereocenters. The Balaban J connectivity index is 2.43. The van der Waals surface area contributed by atoms with E-state index in [1.54, 1.807) is 24.3 Å². The standard InChI is InChI=1S/C28H44N6O4/c1-7-33(8-2)15-13-31-27(35)19-11-12-22(29)25(26(19)38-6)20-17-21(24(37-5)18-23(20)30)28(36)32-14-16-34(9-3)10-4/h11-12,17-18H,7-10,13-16,29-30H2,1-6H3,(H,31,35)(H,32,36). The molecule has 2 aromatic rings. The first-order valence-electron chi connectivity index (χ1n) is 13.2. The maximum atomic E-state index is 13.1. The zero-order valence-electron chi connectivity index (χ0n) is 23.6. The molecule has 2 rings (SSSR count). The second-order valence-electron chi connectivity index (χ2n) is 8.82. The van der Waals surface area contributed by atoms with Crippen LogP contribution in [0, 0.1) is 0 Å². The topological polar surface area (TPSA) is 135 Å². The molecule has 0 heterocycles. The summed E-state index contributed by atoms with van der Waals surface area (Å²) in [4.78, 5) is 30.7. The molecule has 0 saturated carbocycles. The van der Waals surface area contributed by atoms with E-state index in [2.05, 4.69) is 48.1 Å². The van der Waals surface area contributed by atoms with Gasteiger partial charge in [0.25, 0.3) is 11.8 Å². The van der Waals surface area contributed by atoms with Crippen molar-refractivity contribution in [2.75, 3.05) is 78.0 Å². The normalized spacial score (nSPS) is 11.1. The average molecular weight is 529 g/mol. The van der Waals surface area contributed by atoms with E-state index in [-0.39, 0.29) is 17.6 Å². The molecule has 0 bridgehead atoms. The first-order valence-corrected chi connectivity index (χ1v) is 13.2. The van der Waals surface area contributed by atoms with E-state index >= 15 is 0 Å². The molecule has 10 heteroatoms. The third kappa shape index (κ3) is 7.52. The van der Waals surface area contributed by atoms with Crippen molar-refractivity contribution in [1.82, 2.24) is 20.4 Å². The monoisotopic (exact) mass is 528 g/mol. The zero-order valence-corrected chi connectivity index (χ0v) is 23.6. The van der Waals surface area contributed by atoms with Crippen molar-refractivity contribution in [3.63, 3.8) is 0 Å². The van der Waals surface area contributed by atoms with Crippen LogP contribution in [0.1, 0.15) is 48.4 Å². The van der Waals surface area contributed by atoms with Crippen LogP contribution in [0.15, 0.2) is 24.3 Å². The smallest absolute Gasteiger partial charge is 0.255 e. The van der Waals surface area contributed by atoms with Crippen LogP contribution >= 0.6 is 0 Å². The lowest BCUT2D eigenvalue weighted by Crippen LogP contribution is -2.35. The van der Waals surface area contributed by atoms with Crippen molar-refractivity contribution in [2.45, 2.75) is 27.7 Å². The van der Waals surface area contributed by atoms with Gasteiger partial charge in [-0.2, -0.15) is 0 Å². The van der Waals surface area contributed by atoms with E-state index < -0.39 is 0 Å². The Morgan fingerprint density at radius 2 is 1.29 bits per heavy atom. The number of anilines is 2. The van der Waals surface area contributed by atoms with Crippen LogP contribution in [0.5, 0.6) is 11.5 Å². The van der Waals surface area contributed by atoms with Gasteiger partial charge in [-0.1, -0.05) is 27.7 Å². The number of hydrogen-bond donors (Lipinski definition) is 4. The lowest BCUT2D eigenvalue weighted by atomic mass is 9.95. The van der Waals surface area contributed by atoms with Gasteiger partial charge >= 0.3 is 0 Å². The Morgan fingerprint density at radius 3 is 1.76 bits per heavy atom. The molecule has 6 N–H and O–H groups in total. The predicted molar refractivity (Wildman–Crippen MR) is 154 cm³/mol. The maximum Gasteiger partial charge on any atom is 0.255 e. The number of nitrogens with two attached hydrogens (primary N) is 2. The molecule has 38 heavy (non-hydrogen) atoms. The molecule has 210 valence electrons. The predicted octanol–water partition coefficient (Wildman–Crippen LogP) is 2.68. The van der Waals surface area contributed by atoms with Gasteiger partial charge in [0.05, 0.1) is 25.3 Å². The summed E-state index contributed by atoms with van der Waals surface area (Å²) in [5, 5.41) is 5.91. The van der Waals surface area contributed by atoms with E-state index in [1.165, 1.54) is 14.2 Å². The minimum absolute atomic E-state index is 0.281. The number of nitrogens with zero attached hydrogens (tertiary/aromatic N) is 2. The molecule has 2 amide bonds. The van der Waals surface area contributed by atoms with E-state index in [9.17, 15) is 9.59 Å². The number of ether oxygens (including phenoxy) is 2. The van der Waals surface area contributed by atoms with Crippen LogP contribution in [0.4, 0.5) is 11.4 Å². The van der Waals surface area contributed by atoms with Gasteiger partial charge in [0.1, 0.15) is 11.5 Å². The van der Waals surface area contributed by atoms with Gasteiger partial charge in [-0.3, -0.25) is 9.59 Å². The fourth-order valence-corrected chi connectivity index (χ4v) is 4.35. The minimum atomic E-state index is -0.293. The molecule has 0 aliphatic carbocycles. The summed E-state index contributed by atoms with van der Waals surface area (Å²) >= 11 is 0. The number of likely N-dealkylation sites (N-methyl/N-ethyl adjacent to an activating group) is 2.